The molecule has 2 aromatic rings. The SMILES string of the molecule is CCc1cccc(CC)c1NC(=O)c1cccc(N2C(=O)[C@H]3CCCC[C@@H]3C2=O)c1. The van der Waals surface area contributed by atoms with Crippen LogP contribution in [0.5, 0.6) is 0 Å². The third kappa shape index (κ3) is 3.53. The summed E-state index contributed by atoms with van der Waals surface area (Å²) in [6, 6.07) is 12.9. The summed E-state index contributed by atoms with van der Waals surface area (Å²) in [4.78, 5) is 40.1. The van der Waals surface area contributed by atoms with Gasteiger partial charge in [0.2, 0.25) is 11.8 Å². The average molecular weight is 405 g/mol. The van der Waals surface area contributed by atoms with Gasteiger partial charge in [0.15, 0.2) is 0 Å². The van der Waals surface area contributed by atoms with Crippen LogP contribution in [0.2, 0.25) is 0 Å². The Morgan fingerprint density at radius 1 is 0.933 bits per heavy atom. The zero-order chi connectivity index (χ0) is 21.3. The Morgan fingerprint density at radius 2 is 1.50 bits per heavy atom. The van der Waals surface area contributed by atoms with Gasteiger partial charge in [0, 0.05) is 11.3 Å². The molecular formula is C25H28N2O3. The van der Waals surface area contributed by atoms with Crippen molar-refractivity contribution in [2.75, 3.05) is 10.2 Å². The van der Waals surface area contributed by atoms with E-state index in [2.05, 4.69) is 19.2 Å². The van der Waals surface area contributed by atoms with Gasteiger partial charge in [-0.3, -0.25) is 19.3 Å². The fourth-order valence-electron chi connectivity index (χ4n) is 4.79. The minimum Gasteiger partial charge on any atom is -0.321 e. The molecule has 1 aliphatic heterocycles. The molecule has 2 fully saturated rings. The van der Waals surface area contributed by atoms with Crippen molar-refractivity contribution in [3.05, 3.63) is 59.2 Å². The van der Waals surface area contributed by atoms with Gasteiger partial charge in [-0.05, 0) is 55.0 Å². The van der Waals surface area contributed by atoms with Crippen LogP contribution < -0.4 is 10.2 Å². The van der Waals surface area contributed by atoms with Gasteiger partial charge in [0.05, 0.1) is 17.5 Å². The average Bonchev–Trinajstić information content (AvgIpc) is 3.04. The second-order valence-corrected chi connectivity index (χ2v) is 8.17. The van der Waals surface area contributed by atoms with E-state index in [-0.39, 0.29) is 29.6 Å². The van der Waals surface area contributed by atoms with E-state index in [0.29, 0.717) is 11.3 Å². The largest absolute Gasteiger partial charge is 0.321 e. The van der Waals surface area contributed by atoms with Crippen LogP contribution in [-0.4, -0.2) is 17.7 Å². The number of anilines is 2. The number of hydrogen-bond acceptors (Lipinski definition) is 3. The Labute approximate surface area is 177 Å². The summed E-state index contributed by atoms with van der Waals surface area (Å²) >= 11 is 0. The topological polar surface area (TPSA) is 66.5 Å². The number of fused-ring (bicyclic) bond motifs is 1. The Hall–Kier alpha value is -2.95. The number of amides is 3. The number of benzene rings is 2. The molecule has 0 unspecified atom stereocenters. The van der Waals surface area contributed by atoms with Gasteiger partial charge in [-0.1, -0.05) is 51.0 Å². The first-order chi connectivity index (χ1) is 14.5. The van der Waals surface area contributed by atoms with Crippen molar-refractivity contribution in [3.8, 4) is 0 Å². The highest BCUT2D eigenvalue weighted by molar-refractivity contribution is 6.22. The Bertz CT molecular complexity index is 951. The van der Waals surface area contributed by atoms with Crippen molar-refractivity contribution in [2.45, 2.75) is 52.4 Å². The van der Waals surface area contributed by atoms with Gasteiger partial charge in [0.25, 0.3) is 5.91 Å². The van der Waals surface area contributed by atoms with E-state index in [0.717, 1.165) is 55.3 Å². The van der Waals surface area contributed by atoms with E-state index >= 15 is 0 Å². The third-order valence-electron chi connectivity index (χ3n) is 6.45. The van der Waals surface area contributed by atoms with Crippen molar-refractivity contribution >= 4 is 29.1 Å². The summed E-state index contributed by atoms with van der Waals surface area (Å²) in [5.74, 6) is -0.873. The van der Waals surface area contributed by atoms with E-state index in [1.807, 2.05) is 18.2 Å². The summed E-state index contributed by atoms with van der Waals surface area (Å²) in [5.41, 5.74) is 3.97. The monoisotopic (exact) mass is 404 g/mol. The number of nitrogens with zero attached hydrogens (tertiary/aromatic N) is 1. The molecule has 156 valence electrons. The molecule has 3 amide bonds. The maximum atomic E-state index is 13.0. The highest BCUT2D eigenvalue weighted by Gasteiger charge is 2.48. The predicted molar refractivity (Wildman–Crippen MR) is 118 cm³/mol. The van der Waals surface area contributed by atoms with Crippen molar-refractivity contribution in [2.24, 2.45) is 11.8 Å². The first kappa shape index (κ1) is 20.3. The van der Waals surface area contributed by atoms with Gasteiger partial charge >= 0.3 is 0 Å². The fraction of sp³-hybridized carbons (Fsp3) is 0.400. The molecule has 0 spiro atoms. The van der Waals surface area contributed by atoms with E-state index in [1.165, 1.54) is 4.90 Å². The molecule has 4 rings (SSSR count). The molecule has 5 nitrogen and oxygen atoms in total. The summed E-state index contributed by atoms with van der Waals surface area (Å²) < 4.78 is 0. The van der Waals surface area contributed by atoms with Gasteiger partial charge in [0.1, 0.15) is 0 Å². The lowest BCUT2D eigenvalue weighted by molar-refractivity contribution is -0.122. The Kier molecular flexibility index (Phi) is 5.71. The zero-order valence-corrected chi connectivity index (χ0v) is 17.6. The molecule has 0 aromatic heterocycles. The molecule has 30 heavy (non-hydrogen) atoms. The second-order valence-electron chi connectivity index (χ2n) is 8.17. The number of carbonyl (C=O) groups is 3. The number of nitrogens with one attached hydrogen (secondary N) is 1. The molecule has 1 N–H and O–H groups in total. The maximum absolute atomic E-state index is 13.0. The first-order valence-corrected chi connectivity index (χ1v) is 10.9. The smallest absolute Gasteiger partial charge is 0.255 e. The quantitative estimate of drug-likeness (QED) is 0.732. The van der Waals surface area contributed by atoms with Crippen LogP contribution >= 0.6 is 0 Å². The van der Waals surface area contributed by atoms with E-state index in [9.17, 15) is 14.4 Å². The second kappa shape index (κ2) is 8.42. The number of hydrogen-bond donors (Lipinski definition) is 1. The minimum absolute atomic E-state index is 0.119. The standard InChI is InChI=1S/C25H28N2O3/c1-3-16-9-7-10-17(4-2)22(16)26-23(28)18-11-8-12-19(15-18)27-24(29)20-13-5-6-14-21(20)25(27)30/h7-12,15,20-21H,3-6,13-14H2,1-2H3,(H,26,28)/t20-,21-/m0/s1. The van der Waals surface area contributed by atoms with Crippen molar-refractivity contribution in [3.63, 3.8) is 0 Å². The van der Waals surface area contributed by atoms with E-state index in [4.69, 9.17) is 0 Å². The Balaban J connectivity index is 1.61. The number of carbonyl (C=O) groups excluding carboxylic acids is 3. The van der Waals surface area contributed by atoms with Crippen LogP contribution in [0.15, 0.2) is 42.5 Å². The molecular weight excluding hydrogens is 376 g/mol. The molecule has 0 radical (unpaired) electrons. The lowest BCUT2D eigenvalue weighted by Gasteiger charge is -2.19. The molecule has 1 aliphatic carbocycles. The van der Waals surface area contributed by atoms with Crippen LogP contribution in [0.1, 0.15) is 61.0 Å². The first-order valence-electron chi connectivity index (χ1n) is 10.9. The van der Waals surface area contributed by atoms with Gasteiger partial charge in [-0.15, -0.1) is 0 Å². The molecule has 2 aliphatic rings. The van der Waals surface area contributed by atoms with Crippen molar-refractivity contribution in [1.82, 2.24) is 0 Å². The summed E-state index contributed by atoms with van der Waals surface area (Å²) in [6.45, 7) is 4.13. The van der Waals surface area contributed by atoms with Crippen LogP contribution in [0, 0.1) is 11.8 Å². The molecule has 1 saturated carbocycles. The lowest BCUT2D eigenvalue weighted by atomic mass is 9.81. The number of rotatable bonds is 5. The number of aryl methyl sites for hydroxylation is 2. The van der Waals surface area contributed by atoms with Crippen LogP contribution in [-0.2, 0) is 22.4 Å². The highest BCUT2D eigenvalue weighted by atomic mass is 16.2. The summed E-state index contributed by atoms with van der Waals surface area (Å²) in [7, 11) is 0. The highest BCUT2D eigenvalue weighted by Crippen LogP contribution is 2.40. The lowest BCUT2D eigenvalue weighted by Crippen LogP contribution is -2.31. The van der Waals surface area contributed by atoms with Crippen molar-refractivity contribution < 1.29 is 14.4 Å². The molecule has 2 aromatic carbocycles. The molecule has 1 saturated heterocycles. The van der Waals surface area contributed by atoms with E-state index in [1.54, 1.807) is 24.3 Å². The maximum Gasteiger partial charge on any atom is 0.255 e. The van der Waals surface area contributed by atoms with Gasteiger partial charge in [-0.25, -0.2) is 0 Å². The molecule has 0 bridgehead atoms. The van der Waals surface area contributed by atoms with Crippen LogP contribution in [0.3, 0.4) is 0 Å². The number of imide groups is 1. The Morgan fingerprint density at radius 3 is 2.07 bits per heavy atom. The molecule has 5 heteroatoms. The summed E-state index contributed by atoms with van der Waals surface area (Å²) in [6.07, 6.45) is 5.19. The summed E-state index contributed by atoms with van der Waals surface area (Å²) in [5, 5.41) is 3.06. The van der Waals surface area contributed by atoms with E-state index < -0.39 is 0 Å². The molecule has 1 heterocycles. The fourth-order valence-corrected chi connectivity index (χ4v) is 4.79. The predicted octanol–water partition coefficient (Wildman–Crippen LogP) is 4.74. The van der Waals surface area contributed by atoms with Gasteiger partial charge in [-0.2, -0.15) is 0 Å². The van der Waals surface area contributed by atoms with Crippen molar-refractivity contribution in [1.29, 1.82) is 0 Å². The van der Waals surface area contributed by atoms with Gasteiger partial charge < -0.3 is 5.32 Å². The number of para-hydroxylation sites is 1. The van der Waals surface area contributed by atoms with Crippen LogP contribution in [0.25, 0.3) is 0 Å². The third-order valence-corrected chi connectivity index (χ3v) is 6.45. The van der Waals surface area contributed by atoms with Crippen LogP contribution in [0.4, 0.5) is 11.4 Å². The normalized spacial score (nSPS) is 20.9. The molecule has 2 atom stereocenters. The zero-order valence-electron chi connectivity index (χ0n) is 17.6. The minimum atomic E-state index is -0.232.